The largest absolute Gasteiger partial charge is 0.454 e. The first kappa shape index (κ1) is 19.2. The maximum atomic E-state index is 13.3. The molecule has 8 heteroatoms. The van der Waals surface area contributed by atoms with Gasteiger partial charge in [-0.05, 0) is 23.8 Å². The normalized spacial score (nSPS) is 14.6. The molecule has 27 heavy (non-hydrogen) atoms. The zero-order valence-electron chi connectivity index (χ0n) is 15.4. The summed E-state index contributed by atoms with van der Waals surface area (Å²) in [5.41, 5.74) is -0.119. The molecule has 2 aromatic rings. The molecule has 1 aromatic heterocycles. The van der Waals surface area contributed by atoms with E-state index in [0.29, 0.717) is 17.1 Å². The van der Waals surface area contributed by atoms with Crippen LogP contribution in [0.15, 0.2) is 47.6 Å². The monoisotopic (exact) mass is 390 g/mol. The second-order valence-corrected chi connectivity index (χ2v) is 9.43. The molecule has 0 fully saturated rings. The number of nitrogens with zero attached hydrogens (tertiary/aromatic N) is 1. The van der Waals surface area contributed by atoms with Gasteiger partial charge >= 0.3 is 0 Å². The first-order chi connectivity index (χ1) is 12.7. The number of fused-ring (bicyclic) bond motifs is 1. The number of aromatic nitrogens is 1. The minimum absolute atomic E-state index is 0.0570. The van der Waals surface area contributed by atoms with Crippen LogP contribution in [0.4, 0.5) is 0 Å². The van der Waals surface area contributed by atoms with Crippen LogP contribution >= 0.6 is 0 Å². The molecular formula is C19H22N2O5S. The molecule has 1 amide bonds. The van der Waals surface area contributed by atoms with E-state index in [2.05, 4.69) is 10.3 Å². The topological polar surface area (TPSA) is 94.6 Å². The number of ether oxygens (including phenoxy) is 2. The molecule has 0 spiro atoms. The number of nitrogens with one attached hydrogen (secondary N) is 1. The van der Waals surface area contributed by atoms with Crippen LogP contribution < -0.4 is 14.8 Å². The molecule has 0 saturated heterocycles. The Morgan fingerprint density at radius 2 is 1.96 bits per heavy atom. The van der Waals surface area contributed by atoms with E-state index in [1.54, 1.807) is 45.2 Å². The second kappa shape index (κ2) is 7.19. The van der Waals surface area contributed by atoms with Crippen LogP contribution in [0.3, 0.4) is 0 Å². The summed E-state index contributed by atoms with van der Waals surface area (Å²) in [4.78, 5) is 16.4. The number of rotatable bonds is 5. The minimum atomic E-state index is -3.81. The second-order valence-electron chi connectivity index (χ2n) is 7.30. The minimum Gasteiger partial charge on any atom is -0.454 e. The first-order valence-electron chi connectivity index (χ1n) is 8.51. The number of pyridine rings is 1. The van der Waals surface area contributed by atoms with Gasteiger partial charge in [0.2, 0.25) is 12.7 Å². The Morgan fingerprint density at radius 1 is 1.22 bits per heavy atom. The maximum absolute atomic E-state index is 13.3. The standard InChI is InChI=1S/C19H22N2O5S/c1-19(2,3)18(22)21-11-17(13-5-4-8-20-10-13)27(23,24)14-6-7-15-16(9-14)26-12-25-15/h4-10,17H,11-12H2,1-3H3,(H,21,22)/t17-/m0/s1. The van der Waals surface area contributed by atoms with E-state index < -0.39 is 20.5 Å². The highest BCUT2D eigenvalue weighted by molar-refractivity contribution is 7.91. The van der Waals surface area contributed by atoms with Gasteiger partial charge in [-0.2, -0.15) is 0 Å². The fourth-order valence-electron chi connectivity index (χ4n) is 2.64. The number of carbonyl (C=O) groups excluding carboxylic acids is 1. The predicted molar refractivity (Wildman–Crippen MR) is 99.2 cm³/mol. The Bertz CT molecular complexity index is 936. The van der Waals surface area contributed by atoms with Gasteiger partial charge in [-0.3, -0.25) is 9.78 Å². The Kier molecular flexibility index (Phi) is 5.10. The van der Waals surface area contributed by atoms with Gasteiger partial charge in [0.15, 0.2) is 21.3 Å². The van der Waals surface area contributed by atoms with Crippen molar-refractivity contribution in [1.29, 1.82) is 0 Å². The number of sulfone groups is 1. The lowest BCUT2D eigenvalue weighted by Crippen LogP contribution is -2.38. The molecule has 0 bridgehead atoms. The SMILES string of the molecule is CC(C)(C)C(=O)NC[C@@H](c1cccnc1)S(=O)(=O)c1ccc2c(c1)OCO2. The van der Waals surface area contributed by atoms with Gasteiger partial charge in [0.25, 0.3) is 0 Å². The molecule has 1 aromatic carbocycles. The van der Waals surface area contributed by atoms with E-state index in [4.69, 9.17) is 9.47 Å². The van der Waals surface area contributed by atoms with E-state index in [0.717, 1.165) is 0 Å². The molecular weight excluding hydrogens is 368 g/mol. The Balaban J connectivity index is 1.95. The van der Waals surface area contributed by atoms with Gasteiger partial charge in [-0.15, -0.1) is 0 Å². The molecule has 0 radical (unpaired) electrons. The molecule has 0 saturated carbocycles. The summed E-state index contributed by atoms with van der Waals surface area (Å²) in [6.07, 6.45) is 3.07. The van der Waals surface area contributed by atoms with Crippen molar-refractivity contribution in [1.82, 2.24) is 10.3 Å². The molecule has 2 heterocycles. The van der Waals surface area contributed by atoms with Crippen LogP contribution in [0.25, 0.3) is 0 Å². The van der Waals surface area contributed by atoms with Crippen molar-refractivity contribution in [2.45, 2.75) is 30.9 Å². The van der Waals surface area contributed by atoms with E-state index in [-0.39, 0.29) is 24.1 Å². The zero-order chi connectivity index (χ0) is 19.7. The Hall–Kier alpha value is -2.61. The van der Waals surface area contributed by atoms with E-state index in [1.807, 2.05) is 0 Å². The summed E-state index contributed by atoms with van der Waals surface area (Å²) in [5, 5.41) is 1.77. The van der Waals surface area contributed by atoms with Crippen molar-refractivity contribution in [2.75, 3.05) is 13.3 Å². The molecule has 1 N–H and O–H groups in total. The maximum Gasteiger partial charge on any atom is 0.231 e. The third-order valence-corrected chi connectivity index (χ3v) is 6.33. The number of benzene rings is 1. The van der Waals surface area contributed by atoms with E-state index >= 15 is 0 Å². The highest BCUT2D eigenvalue weighted by Gasteiger charge is 2.32. The average molecular weight is 390 g/mol. The molecule has 1 aliphatic heterocycles. The van der Waals surface area contributed by atoms with Crippen molar-refractivity contribution >= 4 is 15.7 Å². The number of amides is 1. The lowest BCUT2D eigenvalue weighted by molar-refractivity contribution is -0.128. The Morgan fingerprint density at radius 3 is 2.63 bits per heavy atom. The van der Waals surface area contributed by atoms with Crippen LogP contribution in [0.1, 0.15) is 31.6 Å². The number of hydrogen-bond acceptors (Lipinski definition) is 6. The van der Waals surface area contributed by atoms with Crippen molar-refractivity contribution in [3.8, 4) is 11.5 Å². The summed E-state index contributed by atoms with van der Waals surface area (Å²) in [6.45, 7) is 5.32. The van der Waals surface area contributed by atoms with Crippen LogP contribution in [0.2, 0.25) is 0 Å². The van der Waals surface area contributed by atoms with Crippen LogP contribution in [0.5, 0.6) is 11.5 Å². The third-order valence-electron chi connectivity index (χ3n) is 4.23. The number of carbonyl (C=O) groups is 1. The Labute approximate surface area is 158 Å². The number of hydrogen-bond donors (Lipinski definition) is 1. The van der Waals surface area contributed by atoms with Crippen molar-refractivity contribution in [3.05, 3.63) is 48.3 Å². The van der Waals surface area contributed by atoms with Gasteiger partial charge < -0.3 is 14.8 Å². The van der Waals surface area contributed by atoms with Gasteiger partial charge in [0.05, 0.1) is 4.90 Å². The summed E-state index contributed by atoms with van der Waals surface area (Å²) >= 11 is 0. The third kappa shape index (κ3) is 4.05. The lowest BCUT2D eigenvalue weighted by atomic mass is 9.95. The van der Waals surface area contributed by atoms with Crippen molar-refractivity contribution < 1.29 is 22.7 Å². The van der Waals surface area contributed by atoms with Crippen LogP contribution in [-0.2, 0) is 14.6 Å². The molecule has 144 valence electrons. The van der Waals surface area contributed by atoms with Gasteiger partial charge in [0, 0.05) is 30.4 Å². The molecule has 0 unspecified atom stereocenters. The molecule has 1 aliphatic rings. The zero-order valence-corrected chi connectivity index (χ0v) is 16.2. The van der Waals surface area contributed by atoms with Crippen LogP contribution in [-0.4, -0.2) is 32.6 Å². The highest BCUT2D eigenvalue weighted by Crippen LogP contribution is 2.37. The van der Waals surface area contributed by atoms with E-state index in [9.17, 15) is 13.2 Å². The fourth-order valence-corrected chi connectivity index (χ4v) is 4.30. The van der Waals surface area contributed by atoms with Crippen molar-refractivity contribution in [3.63, 3.8) is 0 Å². The summed E-state index contributed by atoms with van der Waals surface area (Å²) in [7, 11) is -3.81. The smallest absolute Gasteiger partial charge is 0.231 e. The van der Waals surface area contributed by atoms with Gasteiger partial charge in [-0.1, -0.05) is 26.8 Å². The summed E-state index contributed by atoms with van der Waals surface area (Å²) in [5.74, 6) is 0.671. The quantitative estimate of drug-likeness (QED) is 0.843. The van der Waals surface area contributed by atoms with E-state index in [1.165, 1.54) is 18.3 Å². The first-order valence-corrected chi connectivity index (χ1v) is 10.1. The summed E-state index contributed by atoms with van der Waals surface area (Å²) in [6, 6.07) is 7.86. The highest BCUT2D eigenvalue weighted by atomic mass is 32.2. The fraction of sp³-hybridized carbons (Fsp3) is 0.368. The summed E-state index contributed by atoms with van der Waals surface area (Å²) < 4.78 is 37.2. The molecule has 7 nitrogen and oxygen atoms in total. The van der Waals surface area contributed by atoms with Crippen molar-refractivity contribution in [2.24, 2.45) is 5.41 Å². The lowest BCUT2D eigenvalue weighted by Gasteiger charge is -2.22. The average Bonchev–Trinajstić information content (AvgIpc) is 3.09. The van der Waals surface area contributed by atoms with Gasteiger partial charge in [0.1, 0.15) is 5.25 Å². The molecule has 1 atom stereocenters. The molecule has 3 rings (SSSR count). The predicted octanol–water partition coefficient (Wildman–Crippen LogP) is 2.49. The van der Waals surface area contributed by atoms with Crippen LogP contribution in [0, 0.1) is 5.41 Å². The molecule has 0 aliphatic carbocycles. The van der Waals surface area contributed by atoms with Gasteiger partial charge in [-0.25, -0.2) is 8.42 Å².